The van der Waals surface area contributed by atoms with Gasteiger partial charge in [0.05, 0.1) is 0 Å². The fourth-order valence-corrected chi connectivity index (χ4v) is 6.07. The molecule has 114 valence electrons. The molecule has 5 aliphatic rings. The molecule has 5 fully saturated rings. The largest absolute Gasteiger partial charge is 0.313 e. The summed E-state index contributed by atoms with van der Waals surface area (Å²) in [5, 5.41) is 4.05. The van der Waals surface area contributed by atoms with Gasteiger partial charge in [0.15, 0.2) is 0 Å². The molecular weight excluding hydrogens is 244 g/mol. The quantitative estimate of drug-likeness (QED) is 0.848. The lowest BCUT2D eigenvalue weighted by molar-refractivity contribution is -0.0156. The maximum atomic E-state index is 4.05. The lowest BCUT2D eigenvalue weighted by Gasteiger charge is -2.55. The second-order valence-electron chi connectivity index (χ2n) is 8.24. The second-order valence-corrected chi connectivity index (χ2v) is 8.24. The molecule has 0 unspecified atom stereocenters. The molecular formula is C18H32N2. The molecule has 5 rings (SSSR count). The van der Waals surface area contributed by atoms with Crippen LogP contribution in [0.1, 0.15) is 51.9 Å². The summed E-state index contributed by atoms with van der Waals surface area (Å²) in [5.74, 6) is 5.27. The Kier molecular flexibility index (Phi) is 3.80. The van der Waals surface area contributed by atoms with Crippen molar-refractivity contribution in [1.29, 1.82) is 0 Å². The third-order valence-corrected chi connectivity index (χ3v) is 7.02. The van der Waals surface area contributed by atoms with Gasteiger partial charge in [-0.3, -0.25) is 0 Å². The van der Waals surface area contributed by atoms with Crippen LogP contribution in [0, 0.1) is 29.6 Å². The topological polar surface area (TPSA) is 15.3 Å². The van der Waals surface area contributed by atoms with Crippen LogP contribution in [0.25, 0.3) is 0 Å². The zero-order valence-corrected chi connectivity index (χ0v) is 13.2. The number of nitrogens with zero attached hydrogens (tertiary/aromatic N) is 1. The van der Waals surface area contributed by atoms with Gasteiger partial charge in [-0.1, -0.05) is 6.92 Å². The van der Waals surface area contributed by atoms with E-state index in [1.54, 1.807) is 32.1 Å². The summed E-state index contributed by atoms with van der Waals surface area (Å²) in [6, 6.07) is 0.895. The Morgan fingerprint density at radius 1 is 0.900 bits per heavy atom. The molecule has 2 heteroatoms. The molecule has 0 atom stereocenters. The Hall–Kier alpha value is -0.0800. The van der Waals surface area contributed by atoms with Crippen LogP contribution in [0.2, 0.25) is 0 Å². The molecule has 2 nitrogen and oxygen atoms in total. The van der Waals surface area contributed by atoms with E-state index in [-0.39, 0.29) is 0 Å². The maximum absolute atomic E-state index is 4.05. The van der Waals surface area contributed by atoms with Crippen LogP contribution in [0.3, 0.4) is 0 Å². The van der Waals surface area contributed by atoms with E-state index >= 15 is 0 Å². The Morgan fingerprint density at radius 3 is 2.05 bits per heavy atom. The smallest absolute Gasteiger partial charge is 0.0124 e. The molecule has 0 aromatic carbocycles. The van der Waals surface area contributed by atoms with E-state index in [1.165, 1.54) is 39.0 Å². The Bertz CT molecular complexity index is 304. The minimum atomic E-state index is 0.895. The van der Waals surface area contributed by atoms with Crippen LogP contribution >= 0.6 is 0 Å². The van der Waals surface area contributed by atoms with Crippen molar-refractivity contribution in [2.24, 2.45) is 29.6 Å². The van der Waals surface area contributed by atoms with Crippen LogP contribution in [0.15, 0.2) is 0 Å². The molecule has 0 aromatic heterocycles. The molecule has 1 N–H and O–H groups in total. The van der Waals surface area contributed by atoms with E-state index in [0.717, 1.165) is 35.6 Å². The highest BCUT2D eigenvalue weighted by Crippen LogP contribution is 2.53. The predicted octanol–water partition coefficient (Wildman–Crippen LogP) is 3.13. The Balaban J connectivity index is 1.28. The third-order valence-electron chi connectivity index (χ3n) is 7.02. The van der Waals surface area contributed by atoms with Crippen LogP contribution in [-0.4, -0.2) is 37.1 Å². The van der Waals surface area contributed by atoms with Crippen molar-refractivity contribution in [3.8, 4) is 0 Å². The SMILES string of the molecule is CCN1CCC(CNC2C3CC4CC(C3)CC2C4)CC1. The molecule has 4 bridgehead atoms. The first-order valence-corrected chi connectivity index (χ1v) is 9.27. The first kappa shape index (κ1) is 13.6. The molecule has 0 radical (unpaired) electrons. The third kappa shape index (κ3) is 2.54. The fraction of sp³-hybridized carbons (Fsp3) is 1.00. The molecule has 0 spiro atoms. The van der Waals surface area contributed by atoms with Gasteiger partial charge in [0.1, 0.15) is 0 Å². The minimum Gasteiger partial charge on any atom is -0.313 e. The van der Waals surface area contributed by atoms with Gasteiger partial charge in [-0.15, -0.1) is 0 Å². The highest BCUT2D eigenvalue weighted by atomic mass is 15.1. The number of nitrogens with one attached hydrogen (secondary N) is 1. The van der Waals surface area contributed by atoms with Gasteiger partial charge >= 0.3 is 0 Å². The maximum Gasteiger partial charge on any atom is 0.0124 e. The summed E-state index contributed by atoms with van der Waals surface area (Å²) < 4.78 is 0. The van der Waals surface area contributed by atoms with Crippen molar-refractivity contribution in [2.45, 2.75) is 57.9 Å². The summed E-state index contributed by atoms with van der Waals surface area (Å²) in [7, 11) is 0. The van der Waals surface area contributed by atoms with Crippen LogP contribution < -0.4 is 5.32 Å². The van der Waals surface area contributed by atoms with Crippen LogP contribution in [0.5, 0.6) is 0 Å². The lowest BCUT2D eigenvalue weighted by atomic mass is 9.54. The molecule has 20 heavy (non-hydrogen) atoms. The fourth-order valence-electron chi connectivity index (χ4n) is 6.07. The summed E-state index contributed by atoms with van der Waals surface area (Å²) >= 11 is 0. The standard InChI is InChI=1S/C18H32N2/c1-2-20-5-3-13(4-6-20)12-19-18-16-8-14-7-15(10-16)11-17(18)9-14/h13-19H,2-12H2,1H3. The average molecular weight is 276 g/mol. The van der Waals surface area contributed by atoms with E-state index in [0.29, 0.717) is 0 Å². The highest BCUT2D eigenvalue weighted by Gasteiger charge is 2.47. The van der Waals surface area contributed by atoms with Crippen LogP contribution in [0.4, 0.5) is 0 Å². The lowest BCUT2D eigenvalue weighted by Crippen LogP contribution is -2.55. The summed E-state index contributed by atoms with van der Waals surface area (Å²) in [6.07, 6.45) is 10.6. The normalized spacial score (nSPS) is 45.1. The van der Waals surface area contributed by atoms with Crippen molar-refractivity contribution >= 4 is 0 Å². The van der Waals surface area contributed by atoms with Crippen molar-refractivity contribution in [2.75, 3.05) is 26.2 Å². The van der Waals surface area contributed by atoms with Gasteiger partial charge in [0, 0.05) is 6.04 Å². The molecule has 0 amide bonds. The Morgan fingerprint density at radius 2 is 1.50 bits per heavy atom. The first-order valence-electron chi connectivity index (χ1n) is 9.27. The molecule has 1 heterocycles. The highest BCUT2D eigenvalue weighted by molar-refractivity contribution is 5.01. The van der Waals surface area contributed by atoms with Crippen LogP contribution in [-0.2, 0) is 0 Å². The minimum absolute atomic E-state index is 0.895. The first-order chi connectivity index (χ1) is 9.81. The van der Waals surface area contributed by atoms with Crippen molar-refractivity contribution in [3.05, 3.63) is 0 Å². The summed E-state index contributed by atoms with van der Waals surface area (Å²) in [5.41, 5.74) is 0. The van der Waals surface area contributed by atoms with Crippen molar-refractivity contribution in [3.63, 3.8) is 0 Å². The van der Waals surface area contributed by atoms with Gasteiger partial charge in [0.25, 0.3) is 0 Å². The second kappa shape index (κ2) is 5.61. The number of likely N-dealkylation sites (tertiary alicyclic amines) is 1. The molecule has 1 saturated heterocycles. The number of hydrogen-bond acceptors (Lipinski definition) is 2. The van der Waals surface area contributed by atoms with E-state index in [9.17, 15) is 0 Å². The molecule has 4 aliphatic carbocycles. The zero-order valence-electron chi connectivity index (χ0n) is 13.2. The van der Waals surface area contributed by atoms with Gasteiger partial charge in [0.2, 0.25) is 0 Å². The number of hydrogen-bond donors (Lipinski definition) is 1. The van der Waals surface area contributed by atoms with E-state index < -0.39 is 0 Å². The zero-order chi connectivity index (χ0) is 13.5. The van der Waals surface area contributed by atoms with Gasteiger partial charge in [-0.25, -0.2) is 0 Å². The van der Waals surface area contributed by atoms with E-state index in [2.05, 4.69) is 17.1 Å². The Labute approximate surface area is 124 Å². The van der Waals surface area contributed by atoms with Gasteiger partial charge < -0.3 is 10.2 Å². The summed E-state index contributed by atoms with van der Waals surface area (Å²) in [6.45, 7) is 7.53. The van der Waals surface area contributed by atoms with Gasteiger partial charge in [-0.05, 0) is 101 Å². The molecule has 4 saturated carbocycles. The van der Waals surface area contributed by atoms with E-state index in [4.69, 9.17) is 0 Å². The van der Waals surface area contributed by atoms with Crippen molar-refractivity contribution in [1.82, 2.24) is 10.2 Å². The molecule has 1 aliphatic heterocycles. The molecule has 0 aromatic rings. The number of piperidine rings is 1. The van der Waals surface area contributed by atoms with Crippen molar-refractivity contribution < 1.29 is 0 Å². The average Bonchev–Trinajstić information content (AvgIpc) is 2.46. The number of rotatable bonds is 4. The monoisotopic (exact) mass is 276 g/mol. The predicted molar refractivity (Wildman–Crippen MR) is 83.7 cm³/mol. The van der Waals surface area contributed by atoms with E-state index in [1.807, 2.05) is 0 Å². The van der Waals surface area contributed by atoms with Gasteiger partial charge in [-0.2, -0.15) is 0 Å². The summed E-state index contributed by atoms with van der Waals surface area (Å²) in [4.78, 5) is 2.61.